The van der Waals surface area contributed by atoms with Gasteiger partial charge < -0.3 is 19.4 Å². The van der Waals surface area contributed by atoms with Gasteiger partial charge in [-0.05, 0) is 24.3 Å². The zero-order chi connectivity index (χ0) is 16.9. The summed E-state index contributed by atoms with van der Waals surface area (Å²) in [4.78, 5) is 32.5. The number of carbonyl (C=O) groups is 1. The molecule has 1 aromatic heterocycles. The van der Waals surface area contributed by atoms with Crippen molar-refractivity contribution >= 4 is 5.91 Å². The van der Waals surface area contributed by atoms with Crippen LogP contribution in [0.1, 0.15) is 16.2 Å². The summed E-state index contributed by atoms with van der Waals surface area (Å²) >= 11 is 0. The first kappa shape index (κ1) is 16.1. The summed E-state index contributed by atoms with van der Waals surface area (Å²) in [6.07, 6.45) is 1.25. The van der Waals surface area contributed by atoms with Crippen molar-refractivity contribution in [2.45, 2.75) is 6.61 Å². The molecule has 3 rings (SSSR count). The van der Waals surface area contributed by atoms with Gasteiger partial charge in [0.15, 0.2) is 0 Å². The Bertz CT molecular complexity index is 770. The van der Waals surface area contributed by atoms with E-state index in [9.17, 15) is 14.0 Å². The number of aromatic nitrogens is 2. The van der Waals surface area contributed by atoms with Crippen molar-refractivity contribution in [3.63, 3.8) is 0 Å². The summed E-state index contributed by atoms with van der Waals surface area (Å²) in [6, 6.07) is 5.50. The molecule has 2 heterocycles. The molecular formula is C16H16FN3O4. The van der Waals surface area contributed by atoms with Gasteiger partial charge in [0.2, 0.25) is 0 Å². The fraction of sp³-hybridized carbons (Fsp3) is 0.312. The minimum atomic E-state index is -0.515. The highest BCUT2D eigenvalue weighted by atomic mass is 19.1. The molecule has 7 nitrogen and oxygen atoms in total. The lowest BCUT2D eigenvalue weighted by atomic mass is 10.2. The molecule has 1 N–H and O–H groups in total. The molecule has 1 saturated heterocycles. The van der Waals surface area contributed by atoms with Gasteiger partial charge in [-0.25, -0.2) is 9.37 Å². The van der Waals surface area contributed by atoms with Crippen LogP contribution < -0.4 is 10.3 Å². The SMILES string of the molecule is O=C(c1cnc(COc2ccc(F)cc2)[nH]c1=O)N1CCOCC1. The molecule has 1 aliphatic rings. The minimum absolute atomic E-state index is 0.00684. The van der Waals surface area contributed by atoms with Crippen molar-refractivity contribution in [3.8, 4) is 5.75 Å². The number of carbonyl (C=O) groups excluding carboxylic acids is 1. The second kappa shape index (κ2) is 7.22. The maximum Gasteiger partial charge on any atom is 0.263 e. The zero-order valence-electron chi connectivity index (χ0n) is 12.8. The van der Waals surface area contributed by atoms with Crippen LogP contribution in [-0.2, 0) is 11.3 Å². The van der Waals surface area contributed by atoms with E-state index in [0.29, 0.717) is 32.1 Å². The number of hydrogen-bond donors (Lipinski definition) is 1. The number of hydrogen-bond acceptors (Lipinski definition) is 5. The quantitative estimate of drug-likeness (QED) is 0.901. The summed E-state index contributed by atoms with van der Waals surface area (Å²) in [5.74, 6) is 0.00767. The standard InChI is InChI=1S/C16H16FN3O4/c17-11-1-3-12(4-2-11)24-10-14-18-9-13(15(21)19-14)16(22)20-5-7-23-8-6-20/h1-4,9H,5-8,10H2,(H,18,19,21). The highest BCUT2D eigenvalue weighted by molar-refractivity contribution is 5.93. The Morgan fingerprint density at radius 1 is 1.29 bits per heavy atom. The normalized spacial score (nSPS) is 14.5. The molecule has 1 aromatic carbocycles. The molecule has 126 valence electrons. The smallest absolute Gasteiger partial charge is 0.263 e. The molecule has 0 aliphatic carbocycles. The van der Waals surface area contributed by atoms with Gasteiger partial charge in [-0.15, -0.1) is 0 Å². The highest BCUT2D eigenvalue weighted by Gasteiger charge is 2.21. The lowest BCUT2D eigenvalue weighted by Gasteiger charge is -2.26. The lowest BCUT2D eigenvalue weighted by molar-refractivity contribution is 0.0301. The number of rotatable bonds is 4. The Hall–Kier alpha value is -2.74. The summed E-state index contributed by atoms with van der Waals surface area (Å²) in [5.41, 5.74) is -0.526. The lowest BCUT2D eigenvalue weighted by Crippen LogP contribution is -2.42. The number of morpholine rings is 1. The Morgan fingerprint density at radius 3 is 2.67 bits per heavy atom. The van der Waals surface area contributed by atoms with Gasteiger partial charge in [0.1, 0.15) is 29.6 Å². The third-order valence-corrected chi connectivity index (χ3v) is 3.57. The first-order valence-electron chi connectivity index (χ1n) is 7.47. The molecule has 0 radical (unpaired) electrons. The van der Waals surface area contributed by atoms with Gasteiger partial charge >= 0.3 is 0 Å². The number of ether oxygens (including phenoxy) is 2. The van der Waals surface area contributed by atoms with E-state index >= 15 is 0 Å². The summed E-state index contributed by atoms with van der Waals surface area (Å²) in [7, 11) is 0. The number of nitrogens with zero attached hydrogens (tertiary/aromatic N) is 2. The van der Waals surface area contributed by atoms with E-state index < -0.39 is 5.56 Å². The van der Waals surface area contributed by atoms with Crippen LogP contribution in [0.3, 0.4) is 0 Å². The van der Waals surface area contributed by atoms with Crippen LogP contribution in [0.25, 0.3) is 0 Å². The molecule has 1 fully saturated rings. The van der Waals surface area contributed by atoms with E-state index in [4.69, 9.17) is 9.47 Å². The van der Waals surface area contributed by atoms with Gasteiger partial charge in [0.05, 0.1) is 13.2 Å². The summed E-state index contributed by atoms with van der Waals surface area (Å²) in [5, 5.41) is 0. The van der Waals surface area contributed by atoms with Crippen LogP contribution in [0.5, 0.6) is 5.75 Å². The Morgan fingerprint density at radius 2 is 2.00 bits per heavy atom. The van der Waals surface area contributed by atoms with Crippen molar-refractivity contribution in [3.05, 3.63) is 58.0 Å². The average Bonchev–Trinajstić information content (AvgIpc) is 2.61. The van der Waals surface area contributed by atoms with Crippen LogP contribution in [-0.4, -0.2) is 47.1 Å². The van der Waals surface area contributed by atoms with Crippen molar-refractivity contribution in [1.29, 1.82) is 0 Å². The maximum atomic E-state index is 12.8. The average molecular weight is 333 g/mol. The molecule has 1 aliphatic heterocycles. The van der Waals surface area contributed by atoms with Crippen LogP contribution >= 0.6 is 0 Å². The molecule has 24 heavy (non-hydrogen) atoms. The van der Waals surface area contributed by atoms with Crippen LogP contribution in [0.2, 0.25) is 0 Å². The van der Waals surface area contributed by atoms with E-state index in [-0.39, 0.29) is 29.7 Å². The Kier molecular flexibility index (Phi) is 4.85. The molecule has 0 unspecified atom stereocenters. The van der Waals surface area contributed by atoms with Crippen molar-refractivity contribution in [1.82, 2.24) is 14.9 Å². The minimum Gasteiger partial charge on any atom is -0.486 e. The number of halogens is 1. The van der Waals surface area contributed by atoms with E-state index in [1.54, 1.807) is 4.90 Å². The third-order valence-electron chi connectivity index (χ3n) is 3.57. The molecule has 0 spiro atoms. The van der Waals surface area contributed by atoms with Crippen molar-refractivity contribution < 1.29 is 18.7 Å². The predicted molar refractivity (Wildman–Crippen MR) is 82.3 cm³/mol. The summed E-state index contributed by atoms with van der Waals surface area (Å²) < 4.78 is 23.4. The fourth-order valence-corrected chi connectivity index (χ4v) is 2.28. The second-order valence-electron chi connectivity index (χ2n) is 5.22. The van der Waals surface area contributed by atoms with Crippen LogP contribution in [0, 0.1) is 5.82 Å². The highest BCUT2D eigenvalue weighted by Crippen LogP contribution is 2.12. The van der Waals surface area contributed by atoms with Gasteiger partial charge in [-0.2, -0.15) is 0 Å². The molecule has 0 atom stereocenters. The van der Waals surface area contributed by atoms with Crippen molar-refractivity contribution in [2.24, 2.45) is 0 Å². The molecular weight excluding hydrogens is 317 g/mol. The van der Waals surface area contributed by atoms with E-state index in [2.05, 4.69) is 9.97 Å². The topological polar surface area (TPSA) is 84.5 Å². The van der Waals surface area contributed by atoms with E-state index in [1.165, 1.54) is 30.5 Å². The van der Waals surface area contributed by atoms with Gasteiger partial charge in [-0.1, -0.05) is 0 Å². The first-order chi connectivity index (χ1) is 11.6. The van der Waals surface area contributed by atoms with E-state index in [0.717, 1.165) is 0 Å². The molecule has 8 heteroatoms. The number of H-pyrrole nitrogens is 1. The van der Waals surface area contributed by atoms with Gasteiger partial charge in [0, 0.05) is 19.3 Å². The molecule has 1 amide bonds. The Labute approximate surface area is 137 Å². The largest absolute Gasteiger partial charge is 0.486 e. The fourth-order valence-electron chi connectivity index (χ4n) is 2.28. The first-order valence-corrected chi connectivity index (χ1v) is 7.47. The maximum absolute atomic E-state index is 12.8. The molecule has 0 saturated carbocycles. The molecule has 0 bridgehead atoms. The van der Waals surface area contributed by atoms with Crippen molar-refractivity contribution in [2.75, 3.05) is 26.3 Å². The molecule has 2 aromatic rings. The van der Waals surface area contributed by atoms with Crippen LogP contribution in [0.15, 0.2) is 35.3 Å². The summed E-state index contributed by atoms with van der Waals surface area (Å²) in [6.45, 7) is 1.83. The monoisotopic (exact) mass is 333 g/mol. The zero-order valence-corrected chi connectivity index (χ0v) is 12.8. The predicted octanol–water partition coefficient (Wildman–Crippen LogP) is 0.960. The number of amides is 1. The number of benzene rings is 1. The number of aromatic amines is 1. The third kappa shape index (κ3) is 3.77. The second-order valence-corrected chi connectivity index (χ2v) is 5.22. The van der Waals surface area contributed by atoms with Gasteiger partial charge in [-0.3, -0.25) is 9.59 Å². The van der Waals surface area contributed by atoms with E-state index in [1.807, 2.05) is 0 Å². The van der Waals surface area contributed by atoms with Crippen LogP contribution in [0.4, 0.5) is 4.39 Å². The Balaban J connectivity index is 1.66. The number of nitrogens with one attached hydrogen (secondary N) is 1. The van der Waals surface area contributed by atoms with Gasteiger partial charge in [0.25, 0.3) is 11.5 Å².